The largest absolute Gasteiger partial charge is 0.380 e. The summed E-state index contributed by atoms with van der Waals surface area (Å²) >= 11 is 0. The number of rotatable bonds is 9. The van der Waals surface area contributed by atoms with E-state index in [2.05, 4.69) is 34.5 Å². The highest BCUT2D eigenvalue weighted by Crippen LogP contribution is 2.21. The number of halogens is 1. The van der Waals surface area contributed by atoms with Gasteiger partial charge in [0.2, 0.25) is 0 Å². The van der Waals surface area contributed by atoms with Crippen LogP contribution in [0.1, 0.15) is 39.5 Å². The predicted molar refractivity (Wildman–Crippen MR) is 101 cm³/mol. The van der Waals surface area contributed by atoms with Crippen molar-refractivity contribution < 1.29 is 4.74 Å². The van der Waals surface area contributed by atoms with Gasteiger partial charge in [-0.25, -0.2) is 0 Å². The van der Waals surface area contributed by atoms with Crippen LogP contribution in [0.25, 0.3) is 0 Å². The quantitative estimate of drug-likeness (QED) is 0.264. The first-order valence-corrected chi connectivity index (χ1v) is 8.08. The number of nitrogens with one attached hydrogen (secondary N) is 2. The maximum atomic E-state index is 5.32. The molecule has 1 aliphatic rings. The van der Waals surface area contributed by atoms with Gasteiger partial charge in [0.1, 0.15) is 0 Å². The monoisotopic (exact) mass is 412 g/mol. The zero-order chi connectivity index (χ0) is 14.6. The van der Waals surface area contributed by atoms with Gasteiger partial charge in [0.25, 0.3) is 0 Å². The molecule has 6 heteroatoms. The topological polar surface area (TPSA) is 48.9 Å². The molecule has 0 spiro atoms. The van der Waals surface area contributed by atoms with E-state index < -0.39 is 0 Å². The summed E-state index contributed by atoms with van der Waals surface area (Å²) in [6.07, 6.45) is 5.49. The van der Waals surface area contributed by atoms with Gasteiger partial charge in [0.05, 0.1) is 13.2 Å². The molecule has 21 heavy (non-hydrogen) atoms. The van der Waals surface area contributed by atoms with Crippen molar-refractivity contribution in [2.45, 2.75) is 45.6 Å². The number of likely N-dealkylation sites (N-methyl/N-ethyl adjacent to an activating group) is 1. The molecule has 1 fully saturated rings. The number of guanidine groups is 1. The zero-order valence-corrected chi connectivity index (χ0v) is 16.2. The summed E-state index contributed by atoms with van der Waals surface area (Å²) in [5, 5.41) is 6.56. The molecule has 0 bridgehead atoms. The molecule has 0 aromatic rings. The van der Waals surface area contributed by atoms with Gasteiger partial charge in [0, 0.05) is 32.3 Å². The van der Waals surface area contributed by atoms with Gasteiger partial charge in [-0.05, 0) is 33.7 Å². The molecule has 1 saturated carbocycles. The van der Waals surface area contributed by atoms with Gasteiger partial charge < -0.3 is 20.3 Å². The van der Waals surface area contributed by atoms with Crippen molar-refractivity contribution in [1.82, 2.24) is 15.5 Å². The Kier molecular flexibility index (Phi) is 13.5. The van der Waals surface area contributed by atoms with Crippen molar-refractivity contribution in [1.29, 1.82) is 0 Å². The van der Waals surface area contributed by atoms with Crippen LogP contribution in [0.2, 0.25) is 0 Å². The van der Waals surface area contributed by atoms with Crippen molar-refractivity contribution in [3.8, 4) is 0 Å². The summed E-state index contributed by atoms with van der Waals surface area (Å²) in [6.45, 7) is 9.16. The lowest BCUT2D eigenvalue weighted by atomic mass is 10.2. The van der Waals surface area contributed by atoms with Crippen LogP contribution >= 0.6 is 24.0 Å². The summed E-state index contributed by atoms with van der Waals surface area (Å²) in [7, 11) is 2.22. The van der Waals surface area contributed by atoms with Crippen LogP contribution < -0.4 is 10.6 Å². The average Bonchev–Trinajstić information content (AvgIpc) is 2.97. The Labute approximate surface area is 147 Å². The number of aliphatic imine (C=N–C) groups is 1. The fraction of sp³-hybridized carbons (Fsp3) is 0.933. The van der Waals surface area contributed by atoms with E-state index in [0.717, 1.165) is 51.4 Å². The highest BCUT2D eigenvalue weighted by atomic mass is 127. The second-order valence-electron chi connectivity index (χ2n) is 5.30. The molecular weight excluding hydrogens is 379 g/mol. The fourth-order valence-electron chi connectivity index (χ4n) is 2.57. The smallest absolute Gasteiger partial charge is 0.191 e. The molecule has 0 unspecified atom stereocenters. The third-order valence-electron chi connectivity index (χ3n) is 3.76. The van der Waals surface area contributed by atoms with E-state index in [4.69, 9.17) is 4.74 Å². The second kappa shape index (κ2) is 13.6. The molecule has 0 aromatic heterocycles. The molecule has 5 nitrogen and oxygen atoms in total. The van der Waals surface area contributed by atoms with Gasteiger partial charge >= 0.3 is 0 Å². The molecule has 1 aliphatic carbocycles. The van der Waals surface area contributed by atoms with Crippen LogP contribution in [0.4, 0.5) is 0 Å². The number of nitrogens with zero attached hydrogens (tertiary/aromatic N) is 2. The van der Waals surface area contributed by atoms with Gasteiger partial charge in [0.15, 0.2) is 5.96 Å². The Morgan fingerprint density at radius 2 is 1.95 bits per heavy atom. The minimum atomic E-state index is 0. The van der Waals surface area contributed by atoms with E-state index in [1.54, 1.807) is 0 Å². The van der Waals surface area contributed by atoms with Crippen molar-refractivity contribution in [2.24, 2.45) is 4.99 Å². The maximum Gasteiger partial charge on any atom is 0.191 e. The lowest BCUT2D eigenvalue weighted by Gasteiger charge is -2.23. The molecular formula is C15H33IN4O. The summed E-state index contributed by atoms with van der Waals surface area (Å²) in [5.74, 6) is 0.895. The Balaban J connectivity index is 0.00000400. The van der Waals surface area contributed by atoms with E-state index in [0.29, 0.717) is 0 Å². The van der Waals surface area contributed by atoms with E-state index in [-0.39, 0.29) is 24.0 Å². The fourth-order valence-corrected chi connectivity index (χ4v) is 2.57. The van der Waals surface area contributed by atoms with Gasteiger partial charge in [-0.15, -0.1) is 24.0 Å². The molecule has 1 rings (SSSR count). The van der Waals surface area contributed by atoms with E-state index in [9.17, 15) is 0 Å². The van der Waals surface area contributed by atoms with E-state index >= 15 is 0 Å². The minimum Gasteiger partial charge on any atom is -0.380 e. The van der Waals surface area contributed by atoms with Crippen LogP contribution in [0.3, 0.4) is 0 Å². The van der Waals surface area contributed by atoms with Crippen molar-refractivity contribution >= 4 is 29.9 Å². The predicted octanol–water partition coefficient (Wildman–Crippen LogP) is 2.07. The Morgan fingerprint density at radius 1 is 1.24 bits per heavy atom. The third-order valence-corrected chi connectivity index (χ3v) is 3.76. The van der Waals surface area contributed by atoms with Crippen LogP contribution in [-0.4, -0.2) is 63.3 Å². The second-order valence-corrected chi connectivity index (χ2v) is 5.30. The lowest BCUT2D eigenvalue weighted by Crippen LogP contribution is -2.40. The van der Waals surface area contributed by atoms with Crippen LogP contribution in [-0.2, 0) is 4.74 Å². The lowest BCUT2D eigenvalue weighted by molar-refractivity contribution is 0.152. The summed E-state index contributed by atoms with van der Waals surface area (Å²) in [6, 6.07) is 0.777. The molecule has 0 atom stereocenters. The number of ether oxygens (including phenoxy) is 1. The van der Waals surface area contributed by atoms with Crippen LogP contribution in [0, 0.1) is 0 Å². The van der Waals surface area contributed by atoms with Crippen LogP contribution in [0.15, 0.2) is 4.99 Å². The SMILES string of the molecule is CCNC(=NCCN(C)C1CCCC1)NCCOCC.I. The van der Waals surface area contributed by atoms with Gasteiger partial charge in [-0.3, -0.25) is 4.99 Å². The van der Waals surface area contributed by atoms with E-state index in [1.807, 2.05) is 6.92 Å². The Hall–Kier alpha value is -0.0800. The maximum absolute atomic E-state index is 5.32. The summed E-state index contributed by atoms with van der Waals surface area (Å²) in [4.78, 5) is 7.08. The van der Waals surface area contributed by atoms with Crippen molar-refractivity contribution in [3.05, 3.63) is 0 Å². The highest BCUT2D eigenvalue weighted by Gasteiger charge is 2.18. The van der Waals surface area contributed by atoms with Gasteiger partial charge in [-0.1, -0.05) is 12.8 Å². The molecule has 0 radical (unpaired) electrons. The molecule has 0 aliphatic heterocycles. The van der Waals surface area contributed by atoms with Gasteiger partial charge in [-0.2, -0.15) is 0 Å². The zero-order valence-electron chi connectivity index (χ0n) is 13.9. The van der Waals surface area contributed by atoms with Crippen LogP contribution in [0.5, 0.6) is 0 Å². The minimum absolute atomic E-state index is 0. The highest BCUT2D eigenvalue weighted by molar-refractivity contribution is 14.0. The summed E-state index contributed by atoms with van der Waals surface area (Å²) in [5.41, 5.74) is 0. The van der Waals surface area contributed by atoms with Crippen molar-refractivity contribution in [3.63, 3.8) is 0 Å². The molecule has 0 heterocycles. The number of hydrogen-bond donors (Lipinski definition) is 2. The first-order chi connectivity index (χ1) is 9.77. The molecule has 2 N–H and O–H groups in total. The van der Waals surface area contributed by atoms with E-state index in [1.165, 1.54) is 25.7 Å². The Morgan fingerprint density at radius 3 is 2.57 bits per heavy atom. The molecule has 0 aromatic carbocycles. The summed E-state index contributed by atoms with van der Waals surface area (Å²) < 4.78 is 5.32. The standard InChI is InChI=1S/C15H32N4O.HI/c1-4-16-15(18-11-13-20-5-2)17-10-12-19(3)14-8-6-7-9-14;/h14H,4-13H2,1-3H3,(H2,16,17,18);1H. The number of hydrogen-bond acceptors (Lipinski definition) is 3. The van der Waals surface area contributed by atoms with Crippen molar-refractivity contribution in [2.75, 3.05) is 46.4 Å². The Bertz CT molecular complexity index is 270. The molecule has 0 saturated heterocycles. The molecule has 126 valence electrons. The molecule has 0 amide bonds. The third kappa shape index (κ3) is 9.52. The first-order valence-electron chi connectivity index (χ1n) is 8.08. The first kappa shape index (κ1) is 20.9. The average molecular weight is 412 g/mol. The normalized spacial score (nSPS) is 16.1.